The van der Waals surface area contributed by atoms with Gasteiger partial charge in [0.05, 0.1) is 35.8 Å². The first kappa shape index (κ1) is 21.5. The van der Waals surface area contributed by atoms with Gasteiger partial charge in [0, 0.05) is 7.11 Å². The highest BCUT2D eigenvalue weighted by molar-refractivity contribution is 14.1. The predicted molar refractivity (Wildman–Crippen MR) is 108 cm³/mol. The lowest BCUT2D eigenvalue weighted by Crippen LogP contribution is -2.31. The van der Waals surface area contributed by atoms with Crippen LogP contribution in [0.4, 0.5) is 4.79 Å². The number of benzene rings is 1. The minimum absolute atomic E-state index is 0.208. The fourth-order valence-electron chi connectivity index (χ4n) is 2.18. The van der Waals surface area contributed by atoms with Gasteiger partial charge in [0.15, 0.2) is 18.1 Å². The molecule has 0 aliphatic carbocycles. The average Bonchev–Trinajstić information content (AvgIpc) is 2.91. The molecule has 0 unspecified atom stereocenters. The third kappa shape index (κ3) is 5.36. The molecule has 0 aromatic heterocycles. The zero-order valence-electron chi connectivity index (χ0n) is 14.9. The first-order valence-electron chi connectivity index (χ1n) is 7.72. The van der Waals surface area contributed by atoms with E-state index in [-0.39, 0.29) is 30.9 Å². The third-order valence-corrected chi connectivity index (χ3v) is 5.21. The molecule has 1 aromatic carbocycles. The van der Waals surface area contributed by atoms with E-state index in [2.05, 4.69) is 4.74 Å². The molecule has 1 fully saturated rings. The number of esters is 1. The summed E-state index contributed by atoms with van der Waals surface area (Å²) < 4.78 is 20.9. The molecule has 0 radical (unpaired) electrons. The number of hydrogen-bond acceptors (Lipinski definition) is 8. The smallest absolute Gasteiger partial charge is 0.343 e. The molecular formula is C17H18INO7S. The van der Waals surface area contributed by atoms with Crippen molar-refractivity contribution in [1.29, 1.82) is 0 Å². The fourth-order valence-corrected chi connectivity index (χ4v) is 3.83. The van der Waals surface area contributed by atoms with Crippen LogP contribution in [0.5, 0.6) is 11.5 Å². The van der Waals surface area contributed by atoms with E-state index in [0.29, 0.717) is 25.5 Å². The van der Waals surface area contributed by atoms with Crippen LogP contribution in [0.25, 0.3) is 6.08 Å². The van der Waals surface area contributed by atoms with Crippen molar-refractivity contribution in [2.75, 3.05) is 41.1 Å². The number of nitrogens with zero attached hydrogens (tertiary/aromatic N) is 1. The Morgan fingerprint density at radius 2 is 2.00 bits per heavy atom. The van der Waals surface area contributed by atoms with E-state index < -0.39 is 5.97 Å². The van der Waals surface area contributed by atoms with Crippen molar-refractivity contribution in [3.63, 3.8) is 0 Å². The first-order valence-corrected chi connectivity index (χ1v) is 9.62. The van der Waals surface area contributed by atoms with Gasteiger partial charge in [0.25, 0.3) is 11.1 Å². The number of ether oxygens (including phenoxy) is 4. The van der Waals surface area contributed by atoms with Crippen LogP contribution in [-0.2, 0) is 19.1 Å². The summed E-state index contributed by atoms with van der Waals surface area (Å²) in [5, 5.41) is -0.331. The van der Waals surface area contributed by atoms with Gasteiger partial charge >= 0.3 is 5.97 Å². The van der Waals surface area contributed by atoms with Gasteiger partial charge in [-0.15, -0.1) is 0 Å². The second kappa shape index (κ2) is 9.95. The minimum Gasteiger partial charge on any atom is -0.493 e. The number of amides is 2. The normalized spacial score (nSPS) is 15.4. The number of carbonyl (C=O) groups is 3. The summed E-state index contributed by atoms with van der Waals surface area (Å²) in [6.07, 6.45) is 1.62. The molecule has 8 nitrogen and oxygen atoms in total. The maximum Gasteiger partial charge on any atom is 0.343 e. The standard InChI is InChI=1S/C17H18INO7S/c1-23-5-4-19-16(21)13(27-17(19)22)8-10-6-11(18)15(12(7-10)24-2)26-9-14(20)25-3/h6-8H,4-5,9H2,1-3H3/b13-8+. The SMILES string of the molecule is COCCN1C(=O)S/C(=C/c2cc(I)c(OCC(=O)OC)c(OC)c2)C1=O. The first-order chi connectivity index (χ1) is 12.9. The highest BCUT2D eigenvalue weighted by Gasteiger charge is 2.34. The van der Waals surface area contributed by atoms with Crippen molar-refractivity contribution in [3.8, 4) is 11.5 Å². The van der Waals surface area contributed by atoms with E-state index >= 15 is 0 Å². The molecule has 1 aromatic rings. The summed E-state index contributed by atoms with van der Waals surface area (Å²) in [6, 6.07) is 3.43. The molecule has 1 aliphatic rings. The van der Waals surface area contributed by atoms with Crippen molar-refractivity contribution in [1.82, 2.24) is 4.90 Å². The minimum atomic E-state index is -0.512. The van der Waals surface area contributed by atoms with E-state index in [9.17, 15) is 14.4 Å². The second-order valence-corrected chi connectivity index (χ2v) is 7.38. The number of thioether (sulfide) groups is 1. The van der Waals surface area contributed by atoms with Crippen LogP contribution in [0.3, 0.4) is 0 Å². The molecule has 1 aliphatic heterocycles. The van der Waals surface area contributed by atoms with Gasteiger partial charge < -0.3 is 18.9 Å². The summed E-state index contributed by atoms with van der Waals surface area (Å²) in [5.41, 5.74) is 0.666. The third-order valence-electron chi connectivity index (χ3n) is 3.50. The molecule has 2 amide bonds. The molecular weight excluding hydrogens is 489 g/mol. The number of carbonyl (C=O) groups excluding carboxylic acids is 3. The largest absolute Gasteiger partial charge is 0.493 e. The van der Waals surface area contributed by atoms with Crippen molar-refractivity contribution in [2.45, 2.75) is 0 Å². The van der Waals surface area contributed by atoms with Crippen molar-refractivity contribution < 1.29 is 33.3 Å². The molecule has 27 heavy (non-hydrogen) atoms. The quantitative estimate of drug-likeness (QED) is 0.301. The Morgan fingerprint density at radius 1 is 1.26 bits per heavy atom. The molecule has 2 rings (SSSR count). The Hall–Kier alpha value is -1.79. The number of rotatable bonds is 8. The van der Waals surface area contributed by atoms with E-state index in [1.165, 1.54) is 21.3 Å². The Balaban J connectivity index is 2.25. The van der Waals surface area contributed by atoms with Gasteiger partial charge in [-0.25, -0.2) is 4.79 Å². The fraction of sp³-hybridized carbons (Fsp3) is 0.353. The Morgan fingerprint density at radius 3 is 2.63 bits per heavy atom. The van der Waals surface area contributed by atoms with Gasteiger partial charge in [-0.1, -0.05) is 0 Å². The highest BCUT2D eigenvalue weighted by Crippen LogP contribution is 2.37. The number of methoxy groups -OCH3 is 3. The van der Waals surface area contributed by atoms with E-state index in [1.54, 1.807) is 18.2 Å². The van der Waals surface area contributed by atoms with Crippen molar-refractivity contribution in [2.24, 2.45) is 0 Å². The summed E-state index contributed by atoms with van der Waals surface area (Å²) in [5.74, 6) is -0.0757. The lowest BCUT2D eigenvalue weighted by Gasteiger charge is -2.13. The molecule has 0 spiro atoms. The predicted octanol–water partition coefficient (Wildman–Crippen LogP) is 2.53. The molecule has 146 valence electrons. The molecule has 0 atom stereocenters. The molecule has 1 heterocycles. The number of imide groups is 1. The van der Waals surface area contributed by atoms with Gasteiger partial charge in [0.1, 0.15) is 0 Å². The monoisotopic (exact) mass is 507 g/mol. The summed E-state index contributed by atoms with van der Waals surface area (Å²) in [6.45, 7) is 0.240. The lowest BCUT2D eigenvalue weighted by atomic mass is 10.2. The van der Waals surface area contributed by atoms with Crippen LogP contribution in [0.2, 0.25) is 0 Å². The molecule has 1 saturated heterocycles. The Kier molecular flexibility index (Phi) is 7.92. The van der Waals surface area contributed by atoms with E-state index in [1.807, 2.05) is 22.6 Å². The van der Waals surface area contributed by atoms with Gasteiger partial charge in [-0.05, 0) is 58.1 Å². The van der Waals surface area contributed by atoms with Crippen LogP contribution in [0.1, 0.15) is 5.56 Å². The highest BCUT2D eigenvalue weighted by atomic mass is 127. The zero-order chi connectivity index (χ0) is 20.0. The van der Waals surface area contributed by atoms with Crippen molar-refractivity contribution >= 4 is 57.5 Å². The topological polar surface area (TPSA) is 91.4 Å². The summed E-state index contributed by atoms with van der Waals surface area (Å²) in [4.78, 5) is 37.1. The molecule has 10 heteroatoms. The number of hydrogen-bond donors (Lipinski definition) is 0. The molecule has 0 saturated carbocycles. The van der Waals surface area contributed by atoms with Crippen LogP contribution in [0, 0.1) is 3.57 Å². The van der Waals surface area contributed by atoms with Gasteiger partial charge in [0.2, 0.25) is 0 Å². The van der Waals surface area contributed by atoms with E-state index in [4.69, 9.17) is 14.2 Å². The van der Waals surface area contributed by atoms with Crippen LogP contribution < -0.4 is 9.47 Å². The lowest BCUT2D eigenvalue weighted by molar-refractivity contribution is -0.143. The van der Waals surface area contributed by atoms with Crippen molar-refractivity contribution in [3.05, 3.63) is 26.2 Å². The summed E-state index contributed by atoms with van der Waals surface area (Å²) in [7, 11) is 4.25. The van der Waals surface area contributed by atoms with Crippen LogP contribution in [0.15, 0.2) is 17.0 Å². The average molecular weight is 507 g/mol. The Labute approximate surface area is 174 Å². The molecule has 0 bridgehead atoms. The second-order valence-electron chi connectivity index (χ2n) is 5.23. The van der Waals surface area contributed by atoms with Crippen LogP contribution >= 0.6 is 34.4 Å². The summed E-state index contributed by atoms with van der Waals surface area (Å²) >= 11 is 2.92. The van der Waals surface area contributed by atoms with E-state index in [0.717, 1.165) is 16.7 Å². The van der Waals surface area contributed by atoms with Gasteiger partial charge in [-0.2, -0.15) is 0 Å². The molecule has 0 N–H and O–H groups in total. The maximum atomic E-state index is 12.4. The Bertz CT molecular complexity index is 781. The van der Waals surface area contributed by atoms with Crippen LogP contribution in [-0.4, -0.2) is 63.1 Å². The number of halogens is 1. The van der Waals surface area contributed by atoms with Gasteiger partial charge in [-0.3, -0.25) is 14.5 Å². The maximum absolute atomic E-state index is 12.4. The zero-order valence-corrected chi connectivity index (χ0v) is 17.9.